The van der Waals surface area contributed by atoms with E-state index in [4.69, 9.17) is 0 Å². The summed E-state index contributed by atoms with van der Waals surface area (Å²) in [4.78, 5) is 12.3. The summed E-state index contributed by atoms with van der Waals surface area (Å²) < 4.78 is 0. The van der Waals surface area contributed by atoms with Crippen molar-refractivity contribution < 1.29 is 5.11 Å². The van der Waals surface area contributed by atoms with Crippen LogP contribution in [0.3, 0.4) is 0 Å². The first-order valence-corrected chi connectivity index (χ1v) is 5.65. The first-order chi connectivity index (χ1) is 7.75. The van der Waals surface area contributed by atoms with E-state index in [0.29, 0.717) is 0 Å². The lowest BCUT2D eigenvalue weighted by Crippen LogP contribution is -1.92. The lowest BCUT2D eigenvalue weighted by atomic mass is 10.2. The summed E-state index contributed by atoms with van der Waals surface area (Å²) in [6, 6.07) is 3.65. The molecule has 0 aromatic carbocycles. The number of hydrogen-bond acceptors (Lipinski definition) is 5. The minimum Gasteiger partial charge on any atom is -0.389 e. The lowest BCUT2D eigenvalue weighted by Gasteiger charge is -2.05. The van der Waals surface area contributed by atoms with Crippen molar-refractivity contribution in [3.05, 3.63) is 42.5 Å². The maximum atomic E-state index is 9.45. The topological polar surface area (TPSA) is 58.9 Å². The molecule has 2 aromatic rings. The molecule has 0 radical (unpaired) electrons. The van der Waals surface area contributed by atoms with Gasteiger partial charge in [-0.25, -0.2) is 9.97 Å². The zero-order valence-corrected chi connectivity index (χ0v) is 9.56. The molecule has 1 unspecified atom stereocenters. The molecule has 5 heteroatoms. The molecule has 0 saturated carbocycles. The fourth-order valence-electron chi connectivity index (χ4n) is 1.19. The highest BCUT2D eigenvalue weighted by Crippen LogP contribution is 2.25. The molecule has 4 nitrogen and oxygen atoms in total. The average molecular weight is 233 g/mol. The van der Waals surface area contributed by atoms with Crippen LogP contribution in [0, 0.1) is 0 Å². The Balaban J connectivity index is 2.19. The number of aliphatic hydroxyl groups excluding tert-OH is 1. The molecule has 0 bridgehead atoms. The molecule has 0 saturated heterocycles. The first kappa shape index (κ1) is 11.0. The van der Waals surface area contributed by atoms with E-state index in [0.717, 1.165) is 15.6 Å². The van der Waals surface area contributed by atoms with Gasteiger partial charge in [-0.15, -0.1) is 0 Å². The molecule has 0 fully saturated rings. The van der Waals surface area contributed by atoms with Crippen LogP contribution in [0.15, 0.2) is 47.0 Å². The Morgan fingerprint density at radius 1 is 1.19 bits per heavy atom. The third kappa shape index (κ3) is 2.77. The van der Waals surface area contributed by atoms with Gasteiger partial charge in [0.2, 0.25) is 0 Å². The highest BCUT2D eigenvalue weighted by Gasteiger charge is 2.04. The van der Waals surface area contributed by atoms with Crippen molar-refractivity contribution in [1.82, 2.24) is 15.0 Å². The standard InChI is InChI=1S/C11H11N3OS/c1-8(15)9-2-3-13-10(6-9)16-11-7-12-4-5-14-11/h2-8,15H,1H3. The Hall–Kier alpha value is -1.46. The SMILES string of the molecule is CC(O)c1ccnc(Sc2cnccn2)c1. The molecule has 1 atom stereocenters. The summed E-state index contributed by atoms with van der Waals surface area (Å²) >= 11 is 1.42. The van der Waals surface area contributed by atoms with Gasteiger partial charge in [-0.05, 0) is 36.4 Å². The molecule has 0 spiro atoms. The Labute approximate surface area is 97.8 Å². The average Bonchev–Trinajstić information content (AvgIpc) is 2.30. The monoisotopic (exact) mass is 233 g/mol. The molecule has 0 amide bonds. The molecule has 2 heterocycles. The Bertz CT molecular complexity index is 462. The lowest BCUT2D eigenvalue weighted by molar-refractivity contribution is 0.199. The van der Waals surface area contributed by atoms with Crippen LogP contribution < -0.4 is 0 Å². The molecule has 0 aliphatic carbocycles. The Kier molecular flexibility index (Phi) is 3.48. The van der Waals surface area contributed by atoms with Crippen molar-refractivity contribution in [3.63, 3.8) is 0 Å². The maximum absolute atomic E-state index is 9.45. The molecule has 2 rings (SSSR count). The van der Waals surface area contributed by atoms with E-state index in [2.05, 4.69) is 15.0 Å². The van der Waals surface area contributed by atoms with E-state index in [-0.39, 0.29) is 0 Å². The zero-order chi connectivity index (χ0) is 11.4. The molecular formula is C11H11N3OS. The van der Waals surface area contributed by atoms with E-state index in [9.17, 15) is 5.11 Å². The molecular weight excluding hydrogens is 222 g/mol. The van der Waals surface area contributed by atoms with Crippen LogP contribution in [0.2, 0.25) is 0 Å². The largest absolute Gasteiger partial charge is 0.389 e. The van der Waals surface area contributed by atoms with E-state index < -0.39 is 6.10 Å². The predicted octanol–water partition coefficient (Wildman–Crippen LogP) is 2.08. The van der Waals surface area contributed by atoms with Crippen LogP contribution in [-0.2, 0) is 0 Å². The molecule has 2 aromatic heterocycles. The maximum Gasteiger partial charge on any atom is 0.121 e. The summed E-state index contributed by atoms with van der Waals surface area (Å²) in [5.41, 5.74) is 0.849. The van der Waals surface area contributed by atoms with Crippen molar-refractivity contribution in [3.8, 4) is 0 Å². The molecule has 1 N–H and O–H groups in total. The number of hydrogen-bond donors (Lipinski definition) is 1. The fraction of sp³-hybridized carbons (Fsp3) is 0.182. The van der Waals surface area contributed by atoms with Crippen LogP contribution in [0.25, 0.3) is 0 Å². The van der Waals surface area contributed by atoms with Crippen molar-refractivity contribution >= 4 is 11.8 Å². The zero-order valence-electron chi connectivity index (χ0n) is 8.74. The number of nitrogens with zero attached hydrogens (tertiary/aromatic N) is 3. The van der Waals surface area contributed by atoms with Gasteiger partial charge in [0, 0.05) is 18.6 Å². The van der Waals surface area contributed by atoms with Crippen LogP contribution in [0.4, 0.5) is 0 Å². The van der Waals surface area contributed by atoms with E-state index in [1.54, 1.807) is 37.8 Å². The third-order valence-corrected chi connectivity index (χ3v) is 2.84. The summed E-state index contributed by atoms with van der Waals surface area (Å²) in [6.07, 6.45) is 6.15. The van der Waals surface area contributed by atoms with Gasteiger partial charge < -0.3 is 5.11 Å². The van der Waals surface area contributed by atoms with Gasteiger partial charge in [0.15, 0.2) is 0 Å². The quantitative estimate of drug-likeness (QED) is 0.879. The van der Waals surface area contributed by atoms with Gasteiger partial charge in [-0.2, -0.15) is 0 Å². The van der Waals surface area contributed by atoms with Gasteiger partial charge in [-0.3, -0.25) is 4.98 Å². The van der Waals surface area contributed by atoms with Gasteiger partial charge in [0.1, 0.15) is 10.1 Å². The highest BCUT2D eigenvalue weighted by atomic mass is 32.2. The van der Waals surface area contributed by atoms with Crippen LogP contribution in [0.5, 0.6) is 0 Å². The summed E-state index contributed by atoms with van der Waals surface area (Å²) in [5.74, 6) is 0. The van der Waals surface area contributed by atoms with Gasteiger partial charge in [-0.1, -0.05) is 0 Å². The van der Waals surface area contributed by atoms with Crippen molar-refractivity contribution in [2.24, 2.45) is 0 Å². The number of pyridine rings is 1. The Morgan fingerprint density at radius 2 is 2.00 bits per heavy atom. The summed E-state index contributed by atoms with van der Waals surface area (Å²) in [6.45, 7) is 1.73. The van der Waals surface area contributed by atoms with Crippen LogP contribution in [0.1, 0.15) is 18.6 Å². The van der Waals surface area contributed by atoms with E-state index >= 15 is 0 Å². The Morgan fingerprint density at radius 3 is 2.69 bits per heavy atom. The van der Waals surface area contributed by atoms with Crippen LogP contribution in [-0.4, -0.2) is 20.1 Å². The smallest absolute Gasteiger partial charge is 0.121 e. The summed E-state index contributed by atoms with van der Waals surface area (Å²) in [5, 5.41) is 11.0. The van der Waals surface area contributed by atoms with Gasteiger partial charge in [0.25, 0.3) is 0 Å². The van der Waals surface area contributed by atoms with Crippen molar-refractivity contribution in [2.75, 3.05) is 0 Å². The second kappa shape index (κ2) is 5.05. The minimum absolute atomic E-state index is 0.482. The fourth-order valence-corrected chi connectivity index (χ4v) is 1.94. The predicted molar refractivity (Wildman–Crippen MR) is 61.0 cm³/mol. The molecule has 16 heavy (non-hydrogen) atoms. The molecule has 82 valence electrons. The van der Waals surface area contributed by atoms with E-state index in [1.807, 2.05) is 6.07 Å². The van der Waals surface area contributed by atoms with E-state index in [1.165, 1.54) is 11.8 Å². The van der Waals surface area contributed by atoms with Gasteiger partial charge in [0.05, 0.1) is 12.3 Å². The number of aliphatic hydroxyl groups is 1. The van der Waals surface area contributed by atoms with Crippen molar-refractivity contribution in [1.29, 1.82) is 0 Å². The summed E-state index contributed by atoms with van der Waals surface area (Å²) in [7, 11) is 0. The molecule has 0 aliphatic heterocycles. The normalized spacial score (nSPS) is 12.4. The second-order valence-corrected chi connectivity index (χ2v) is 4.29. The number of rotatable bonds is 3. The minimum atomic E-state index is -0.482. The van der Waals surface area contributed by atoms with Crippen molar-refractivity contribution in [2.45, 2.75) is 23.1 Å². The van der Waals surface area contributed by atoms with Gasteiger partial charge >= 0.3 is 0 Å². The number of aromatic nitrogens is 3. The third-order valence-electron chi connectivity index (χ3n) is 1.99. The van der Waals surface area contributed by atoms with Crippen LogP contribution >= 0.6 is 11.8 Å². The first-order valence-electron chi connectivity index (χ1n) is 4.83. The second-order valence-electron chi connectivity index (χ2n) is 3.25. The molecule has 0 aliphatic rings. The highest BCUT2D eigenvalue weighted by molar-refractivity contribution is 7.99.